The number of nitro groups is 1. The molecule has 0 radical (unpaired) electrons. The van der Waals surface area contributed by atoms with Crippen LogP contribution in [0.15, 0.2) is 79.0 Å². The molecule has 10 heteroatoms. The maximum Gasteiger partial charge on any atom is 0.277 e. The maximum absolute atomic E-state index is 13.5. The third-order valence-corrected chi connectivity index (χ3v) is 6.98. The van der Waals surface area contributed by atoms with Crippen LogP contribution < -0.4 is 5.32 Å². The molecule has 2 aromatic heterocycles. The van der Waals surface area contributed by atoms with E-state index in [0.29, 0.717) is 52.3 Å². The number of H-pyrrole nitrogens is 1. The highest BCUT2D eigenvalue weighted by Crippen LogP contribution is 2.35. The van der Waals surface area contributed by atoms with Crippen molar-refractivity contribution in [1.29, 1.82) is 0 Å². The van der Waals surface area contributed by atoms with E-state index >= 15 is 0 Å². The molecular weight excluding hydrogens is 496 g/mol. The fraction of sp³-hybridized carbons (Fsp3) is 0.138. The number of anilines is 1. The lowest BCUT2D eigenvalue weighted by molar-refractivity contribution is -0.383. The number of imidazole rings is 1. The van der Waals surface area contributed by atoms with Crippen LogP contribution in [0.1, 0.15) is 32.2 Å². The van der Waals surface area contributed by atoms with Crippen LogP contribution in [-0.4, -0.2) is 42.7 Å². The monoisotopic (exact) mass is 520 g/mol. The molecule has 0 bridgehead atoms. The predicted molar refractivity (Wildman–Crippen MR) is 146 cm³/mol. The minimum absolute atomic E-state index is 0.000156. The Kier molecular flexibility index (Phi) is 5.91. The molecule has 6 rings (SSSR count). The molecule has 0 atom stereocenters. The fourth-order valence-corrected chi connectivity index (χ4v) is 5.04. The summed E-state index contributed by atoms with van der Waals surface area (Å²) in [5.74, 6) is -0.0361. The van der Waals surface area contributed by atoms with Gasteiger partial charge in [-0.3, -0.25) is 19.7 Å². The zero-order valence-electron chi connectivity index (χ0n) is 21.0. The van der Waals surface area contributed by atoms with Gasteiger partial charge in [-0.05, 0) is 42.6 Å². The largest absolute Gasteiger partial charge is 0.357 e. The maximum atomic E-state index is 13.5. The number of fused-ring (bicyclic) bond motifs is 2. The van der Waals surface area contributed by atoms with Crippen molar-refractivity contribution in [3.8, 4) is 11.4 Å². The van der Waals surface area contributed by atoms with Crippen LogP contribution in [0.5, 0.6) is 0 Å². The lowest BCUT2D eigenvalue weighted by Gasteiger charge is -2.29. The summed E-state index contributed by atoms with van der Waals surface area (Å²) >= 11 is 0. The third kappa shape index (κ3) is 4.31. The Bertz CT molecular complexity index is 1740. The average molecular weight is 521 g/mol. The first kappa shape index (κ1) is 24.1. The van der Waals surface area contributed by atoms with E-state index in [-0.39, 0.29) is 23.8 Å². The Hall–Kier alpha value is -5.25. The Morgan fingerprint density at radius 1 is 0.974 bits per heavy atom. The predicted octanol–water partition coefficient (Wildman–Crippen LogP) is 5.16. The zero-order valence-corrected chi connectivity index (χ0v) is 21.0. The molecule has 3 aromatic carbocycles. The number of hydrogen-bond acceptors (Lipinski definition) is 5. The normalized spacial score (nSPS) is 12.8. The number of hydrogen-bond donors (Lipinski definition) is 2. The number of nitrogens with zero attached hydrogens (tertiary/aromatic N) is 4. The van der Waals surface area contributed by atoms with Crippen LogP contribution in [0, 0.1) is 17.0 Å². The highest BCUT2D eigenvalue weighted by atomic mass is 16.6. The van der Waals surface area contributed by atoms with Crippen molar-refractivity contribution in [2.45, 2.75) is 20.0 Å². The summed E-state index contributed by atoms with van der Waals surface area (Å²) in [4.78, 5) is 47.4. The van der Waals surface area contributed by atoms with Crippen molar-refractivity contribution >= 4 is 34.0 Å². The van der Waals surface area contributed by atoms with Crippen LogP contribution in [0.3, 0.4) is 0 Å². The van der Waals surface area contributed by atoms with E-state index in [0.717, 1.165) is 5.56 Å². The molecule has 0 unspecified atom stereocenters. The van der Waals surface area contributed by atoms with E-state index in [1.165, 1.54) is 6.07 Å². The van der Waals surface area contributed by atoms with Gasteiger partial charge in [0.1, 0.15) is 11.5 Å². The van der Waals surface area contributed by atoms with Gasteiger partial charge in [-0.2, -0.15) is 0 Å². The van der Waals surface area contributed by atoms with Crippen LogP contribution in [0.4, 0.5) is 11.4 Å². The Labute approximate surface area is 223 Å². The topological polar surface area (TPSA) is 126 Å². The molecule has 0 saturated carbocycles. The lowest BCUT2D eigenvalue weighted by Crippen LogP contribution is -2.39. The first-order chi connectivity index (χ1) is 18.9. The van der Waals surface area contributed by atoms with Gasteiger partial charge in [0.25, 0.3) is 17.5 Å². The molecule has 1 aliphatic heterocycles. The number of benzene rings is 3. The molecule has 0 aliphatic carbocycles. The van der Waals surface area contributed by atoms with Crippen molar-refractivity contribution < 1.29 is 14.5 Å². The quantitative estimate of drug-likeness (QED) is 0.245. The first-order valence-electron chi connectivity index (χ1n) is 12.5. The van der Waals surface area contributed by atoms with Gasteiger partial charge in [0.05, 0.1) is 22.5 Å². The smallest absolute Gasteiger partial charge is 0.277 e. The summed E-state index contributed by atoms with van der Waals surface area (Å²) in [6.45, 7) is 2.98. The van der Waals surface area contributed by atoms with E-state index in [1.807, 2.05) is 47.9 Å². The second-order valence-corrected chi connectivity index (χ2v) is 9.45. The Morgan fingerprint density at radius 2 is 1.74 bits per heavy atom. The summed E-state index contributed by atoms with van der Waals surface area (Å²) in [6, 6.07) is 21.2. The van der Waals surface area contributed by atoms with Gasteiger partial charge in [0.15, 0.2) is 5.69 Å². The van der Waals surface area contributed by atoms with Gasteiger partial charge in [-0.15, -0.1) is 0 Å². The molecule has 0 saturated heterocycles. The molecule has 1 aliphatic rings. The number of nitrogens with one attached hydrogen (secondary N) is 2. The summed E-state index contributed by atoms with van der Waals surface area (Å²) in [5, 5.41) is 15.7. The lowest BCUT2D eigenvalue weighted by atomic mass is 10.0. The number of aromatic nitrogens is 3. The van der Waals surface area contributed by atoms with Crippen LogP contribution in [-0.2, 0) is 13.1 Å². The summed E-state index contributed by atoms with van der Waals surface area (Å²) in [5.41, 5.74) is 3.65. The second-order valence-electron chi connectivity index (χ2n) is 9.45. The summed E-state index contributed by atoms with van der Waals surface area (Å²) in [6.07, 6.45) is 1.69. The van der Waals surface area contributed by atoms with Crippen molar-refractivity contribution in [2.24, 2.45) is 0 Å². The van der Waals surface area contributed by atoms with Crippen LogP contribution in [0.25, 0.3) is 22.2 Å². The van der Waals surface area contributed by atoms with Gasteiger partial charge in [-0.25, -0.2) is 4.98 Å². The van der Waals surface area contributed by atoms with Gasteiger partial charge >= 0.3 is 0 Å². The molecule has 2 amide bonds. The Balaban J connectivity index is 1.47. The van der Waals surface area contributed by atoms with Crippen molar-refractivity contribution in [1.82, 2.24) is 19.4 Å². The minimum atomic E-state index is -0.405. The number of carbonyl (C=O) groups excluding carboxylic acids is 2. The van der Waals surface area contributed by atoms with Gasteiger partial charge in [0, 0.05) is 36.6 Å². The number of non-ortho nitro benzene ring substituents is 1. The standard InChI is InChI=1S/C29H24N6O4/c1-18-10-12-19(13-11-18)31-28(36)26-25-17-33(29(37)23-8-4-14-30-23)15-16-34(25)27(32-26)22-7-2-6-21-20(22)5-3-9-24(21)35(38)39/h2-14,30H,15-17H2,1H3,(H,31,36). The number of amides is 2. The number of rotatable bonds is 5. The fourth-order valence-electron chi connectivity index (χ4n) is 5.04. The first-order valence-corrected chi connectivity index (χ1v) is 12.5. The summed E-state index contributed by atoms with van der Waals surface area (Å²) < 4.78 is 1.94. The molecule has 0 fully saturated rings. The van der Waals surface area contributed by atoms with Crippen molar-refractivity contribution in [2.75, 3.05) is 11.9 Å². The number of carbonyl (C=O) groups is 2. The SMILES string of the molecule is Cc1ccc(NC(=O)c2nc(-c3cccc4c([N+](=O)[O-])cccc34)n3c2CN(C(=O)c2ccc[nH]2)CC3)cc1. The highest BCUT2D eigenvalue weighted by molar-refractivity contribution is 6.05. The molecule has 0 spiro atoms. The number of aryl methyl sites for hydroxylation is 1. The highest BCUT2D eigenvalue weighted by Gasteiger charge is 2.31. The Morgan fingerprint density at radius 3 is 2.49 bits per heavy atom. The third-order valence-electron chi connectivity index (χ3n) is 6.98. The van der Waals surface area contributed by atoms with E-state index in [9.17, 15) is 19.7 Å². The van der Waals surface area contributed by atoms with Crippen molar-refractivity contribution in [3.63, 3.8) is 0 Å². The number of nitro benzene ring substituents is 1. The van der Waals surface area contributed by atoms with Gasteiger partial charge in [-0.1, -0.05) is 42.0 Å². The molecular formula is C29H24N6O4. The summed E-state index contributed by atoms with van der Waals surface area (Å²) in [7, 11) is 0. The molecule has 39 heavy (non-hydrogen) atoms. The number of aromatic amines is 1. The molecule has 5 aromatic rings. The van der Waals surface area contributed by atoms with E-state index in [2.05, 4.69) is 10.3 Å². The van der Waals surface area contributed by atoms with Gasteiger partial charge in [0.2, 0.25) is 0 Å². The molecule has 3 heterocycles. The van der Waals surface area contributed by atoms with E-state index in [1.54, 1.807) is 41.4 Å². The minimum Gasteiger partial charge on any atom is -0.357 e. The van der Waals surface area contributed by atoms with Gasteiger partial charge < -0.3 is 19.8 Å². The molecule has 10 nitrogen and oxygen atoms in total. The average Bonchev–Trinajstić information content (AvgIpc) is 3.61. The second kappa shape index (κ2) is 9.56. The molecule has 194 valence electrons. The van der Waals surface area contributed by atoms with E-state index in [4.69, 9.17) is 4.98 Å². The molecule has 2 N–H and O–H groups in total. The van der Waals surface area contributed by atoms with Crippen LogP contribution in [0.2, 0.25) is 0 Å². The van der Waals surface area contributed by atoms with Crippen molar-refractivity contribution in [3.05, 3.63) is 112 Å². The van der Waals surface area contributed by atoms with Crippen LogP contribution >= 0.6 is 0 Å². The zero-order chi connectivity index (χ0) is 27.1. The van der Waals surface area contributed by atoms with E-state index < -0.39 is 10.8 Å².